The molecule has 0 aromatic rings. The molecule has 2 fully saturated rings. The zero-order valence-electron chi connectivity index (χ0n) is 8.31. The first-order valence-electron chi connectivity index (χ1n) is 4.32. The van der Waals surface area contributed by atoms with E-state index in [0.717, 1.165) is 0 Å². The Morgan fingerprint density at radius 3 is 2.36 bits per heavy atom. The molecule has 2 aliphatic heterocycles. The van der Waals surface area contributed by atoms with Crippen LogP contribution in [-0.4, -0.2) is 60.2 Å². The lowest BCUT2D eigenvalue weighted by atomic mass is 10.3. The fourth-order valence-electron chi connectivity index (χ4n) is 1.88. The molecule has 7 nitrogen and oxygen atoms in total. The average Bonchev–Trinajstić information content (AvgIpc) is 2.38. The number of rotatable bonds is 0. The number of hydrogen-bond donors (Lipinski definition) is 2. The molecule has 0 aromatic carbocycles. The van der Waals surface area contributed by atoms with Gasteiger partial charge >= 0.3 is 12.1 Å². The monoisotopic (exact) mass is 199 g/mol. The lowest BCUT2D eigenvalue weighted by Gasteiger charge is -2.38. The van der Waals surface area contributed by atoms with Crippen LogP contribution in [0.3, 0.4) is 0 Å². The van der Waals surface area contributed by atoms with Crippen LogP contribution >= 0.6 is 0 Å². The summed E-state index contributed by atoms with van der Waals surface area (Å²) in [6, 6.07) is -0.336. The van der Waals surface area contributed by atoms with Crippen LogP contribution in [0.15, 0.2) is 0 Å². The molecule has 14 heavy (non-hydrogen) atoms. The predicted octanol–water partition coefficient (Wildman–Crippen LogP) is -1.20. The van der Waals surface area contributed by atoms with E-state index in [9.17, 15) is 9.59 Å². The van der Waals surface area contributed by atoms with Gasteiger partial charge in [0.1, 0.15) is 12.3 Å². The summed E-state index contributed by atoms with van der Waals surface area (Å²) in [4.78, 5) is 27.5. The van der Waals surface area contributed by atoms with Crippen LogP contribution in [0.5, 0.6) is 0 Å². The molecule has 7 heteroatoms. The van der Waals surface area contributed by atoms with Gasteiger partial charge in [0.05, 0.1) is 0 Å². The summed E-state index contributed by atoms with van der Waals surface area (Å²) in [5.74, 6) is 0. The number of carbonyl (C=O) groups excluding carboxylic acids is 2. The first kappa shape index (κ1) is 9.07. The number of hydrogen-bond acceptors (Lipinski definition) is 3. The second kappa shape index (κ2) is 2.74. The second-order valence-electron chi connectivity index (χ2n) is 3.55. The molecule has 0 spiro atoms. The zero-order chi connectivity index (χ0) is 10.5. The van der Waals surface area contributed by atoms with Gasteiger partial charge in [-0.05, 0) is 0 Å². The maximum Gasteiger partial charge on any atom is 0.333 e. The molecule has 0 unspecified atom stereocenters. The van der Waals surface area contributed by atoms with Crippen molar-refractivity contribution in [1.29, 1.82) is 0 Å². The molecule has 4 amide bonds. The molecule has 2 atom stereocenters. The van der Waals surface area contributed by atoms with E-state index in [-0.39, 0.29) is 24.4 Å². The summed E-state index contributed by atoms with van der Waals surface area (Å²) in [6.45, 7) is 0. The van der Waals surface area contributed by atoms with Crippen LogP contribution < -0.4 is 10.9 Å². The van der Waals surface area contributed by atoms with Gasteiger partial charge in [0, 0.05) is 21.1 Å². The molecule has 2 N–H and O–H groups in total. The van der Waals surface area contributed by atoms with Crippen molar-refractivity contribution in [3.8, 4) is 0 Å². The van der Waals surface area contributed by atoms with Crippen molar-refractivity contribution in [3.05, 3.63) is 0 Å². The molecule has 0 saturated carbocycles. The molecule has 78 valence electrons. The SMILES string of the molecule is CN1C(=O)NN[C@H]2[C@@H]1N(C)C(=O)N2C. The van der Waals surface area contributed by atoms with E-state index in [1.54, 1.807) is 26.0 Å². The first-order valence-corrected chi connectivity index (χ1v) is 4.32. The van der Waals surface area contributed by atoms with Crippen molar-refractivity contribution in [2.45, 2.75) is 12.3 Å². The van der Waals surface area contributed by atoms with Gasteiger partial charge in [-0.25, -0.2) is 15.0 Å². The van der Waals surface area contributed by atoms with Gasteiger partial charge in [-0.15, -0.1) is 0 Å². The number of hydrazine groups is 1. The molecule has 0 aliphatic carbocycles. The molecule has 2 heterocycles. The second-order valence-corrected chi connectivity index (χ2v) is 3.55. The van der Waals surface area contributed by atoms with Gasteiger partial charge in [0.25, 0.3) is 0 Å². The average molecular weight is 199 g/mol. The summed E-state index contributed by atoms with van der Waals surface area (Å²) >= 11 is 0. The van der Waals surface area contributed by atoms with Gasteiger partial charge in [-0.1, -0.05) is 0 Å². The molecule has 0 aromatic heterocycles. The van der Waals surface area contributed by atoms with Gasteiger partial charge in [-0.2, -0.15) is 0 Å². The minimum Gasteiger partial charge on any atom is -0.307 e. The van der Waals surface area contributed by atoms with Gasteiger partial charge in [0.2, 0.25) is 0 Å². The Morgan fingerprint density at radius 2 is 1.71 bits per heavy atom. The van der Waals surface area contributed by atoms with Crippen molar-refractivity contribution in [3.63, 3.8) is 0 Å². The van der Waals surface area contributed by atoms with Crippen LogP contribution in [0.25, 0.3) is 0 Å². The Balaban J connectivity index is 2.29. The molecule has 0 bridgehead atoms. The smallest absolute Gasteiger partial charge is 0.307 e. The Bertz CT molecular complexity index is 290. The van der Waals surface area contributed by atoms with E-state index in [1.807, 2.05) is 0 Å². The van der Waals surface area contributed by atoms with E-state index in [1.165, 1.54) is 9.80 Å². The number of urea groups is 2. The van der Waals surface area contributed by atoms with Crippen LogP contribution in [-0.2, 0) is 0 Å². The summed E-state index contributed by atoms with van der Waals surface area (Å²) in [6.07, 6.45) is -0.448. The fourth-order valence-corrected chi connectivity index (χ4v) is 1.88. The van der Waals surface area contributed by atoms with E-state index < -0.39 is 0 Å². The third-order valence-electron chi connectivity index (χ3n) is 2.74. The highest BCUT2D eigenvalue weighted by Crippen LogP contribution is 2.21. The van der Waals surface area contributed by atoms with Crippen molar-refractivity contribution >= 4 is 12.1 Å². The van der Waals surface area contributed by atoms with Crippen molar-refractivity contribution in [2.75, 3.05) is 21.1 Å². The molecule has 0 radical (unpaired) electrons. The Kier molecular flexibility index (Phi) is 1.78. The van der Waals surface area contributed by atoms with Crippen LogP contribution in [0.1, 0.15) is 0 Å². The minimum absolute atomic E-state index is 0.101. The normalized spacial score (nSPS) is 32.1. The number of fused-ring (bicyclic) bond motifs is 1. The molecule has 2 rings (SSSR count). The molecule has 2 saturated heterocycles. The number of nitrogens with zero attached hydrogens (tertiary/aromatic N) is 3. The van der Waals surface area contributed by atoms with E-state index >= 15 is 0 Å². The summed E-state index contributed by atoms with van der Waals surface area (Å²) in [7, 11) is 5.04. The summed E-state index contributed by atoms with van der Waals surface area (Å²) < 4.78 is 0. The van der Waals surface area contributed by atoms with Gasteiger partial charge < -0.3 is 14.7 Å². The first-order chi connectivity index (χ1) is 6.54. The van der Waals surface area contributed by atoms with Crippen molar-refractivity contribution < 1.29 is 9.59 Å². The fraction of sp³-hybridized carbons (Fsp3) is 0.714. The van der Waals surface area contributed by atoms with Crippen LogP contribution in [0, 0.1) is 0 Å². The number of amides is 4. The standard InChI is InChI=1S/C7H13N5O2/c1-10-4-5(12(3)7(10)14)11(2)6(13)9-8-4/h4-5,8H,1-3H3,(H,9,13)/t4-,5+/m1/s1. The lowest BCUT2D eigenvalue weighted by Crippen LogP contribution is -2.67. The molecular weight excluding hydrogens is 186 g/mol. The van der Waals surface area contributed by atoms with Gasteiger partial charge in [-0.3, -0.25) is 5.43 Å². The molecular formula is C7H13N5O2. The Morgan fingerprint density at radius 1 is 1.07 bits per heavy atom. The van der Waals surface area contributed by atoms with E-state index in [4.69, 9.17) is 0 Å². The summed E-state index contributed by atoms with van der Waals surface area (Å²) in [5.41, 5.74) is 5.29. The maximum atomic E-state index is 11.6. The van der Waals surface area contributed by atoms with E-state index in [2.05, 4.69) is 10.9 Å². The maximum absolute atomic E-state index is 11.6. The predicted molar refractivity (Wildman–Crippen MR) is 47.9 cm³/mol. The van der Waals surface area contributed by atoms with E-state index in [0.29, 0.717) is 0 Å². The topological polar surface area (TPSA) is 67.9 Å². The van der Waals surface area contributed by atoms with Gasteiger partial charge in [0.15, 0.2) is 0 Å². The third-order valence-corrected chi connectivity index (χ3v) is 2.74. The Hall–Kier alpha value is -1.50. The summed E-state index contributed by atoms with van der Waals surface area (Å²) in [5, 5.41) is 0. The Labute approximate surface area is 81.6 Å². The lowest BCUT2D eigenvalue weighted by molar-refractivity contribution is 0.0756. The quantitative estimate of drug-likeness (QED) is 0.514. The highest BCUT2D eigenvalue weighted by molar-refractivity contribution is 5.81. The van der Waals surface area contributed by atoms with Crippen LogP contribution in [0.2, 0.25) is 0 Å². The zero-order valence-corrected chi connectivity index (χ0v) is 8.31. The number of nitrogens with one attached hydrogen (secondary N) is 2. The van der Waals surface area contributed by atoms with Crippen molar-refractivity contribution in [2.24, 2.45) is 0 Å². The highest BCUT2D eigenvalue weighted by Gasteiger charge is 2.48. The minimum atomic E-state index is -0.249. The largest absolute Gasteiger partial charge is 0.333 e. The third kappa shape index (κ3) is 0.955. The molecule has 2 aliphatic rings. The number of likely N-dealkylation sites (N-methyl/N-ethyl adjacent to an activating group) is 3. The van der Waals surface area contributed by atoms with Crippen molar-refractivity contribution in [1.82, 2.24) is 25.6 Å². The van der Waals surface area contributed by atoms with Crippen LogP contribution in [0.4, 0.5) is 9.59 Å². The number of carbonyl (C=O) groups is 2. The highest BCUT2D eigenvalue weighted by atomic mass is 16.2.